The van der Waals surface area contributed by atoms with Gasteiger partial charge in [0.1, 0.15) is 6.33 Å². The average Bonchev–Trinajstić information content (AvgIpc) is 2.87. The van der Waals surface area contributed by atoms with Crippen LogP contribution in [-0.2, 0) is 0 Å². The second-order valence-electron chi connectivity index (χ2n) is 6.36. The third-order valence-corrected chi connectivity index (χ3v) is 4.74. The third-order valence-electron chi connectivity index (χ3n) is 4.74. The zero-order valence-corrected chi connectivity index (χ0v) is 13.7. The summed E-state index contributed by atoms with van der Waals surface area (Å²) in [6.45, 7) is 1.76. The Bertz CT molecular complexity index is 843. The second kappa shape index (κ2) is 6.48. The number of rotatable bonds is 2. The van der Waals surface area contributed by atoms with E-state index in [0.717, 1.165) is 48.2 Å². The van der Waals surface area contributed by atoms with E-state index in [9.17, 15) is 4.79 Å². The maximum absolute atomic E-state index is 12.7. The molecule has 1 fully saturated rings. The van der Waals surface area contributed by atoms with Crippen LogP contribution in [0.3, 0.4) is 0 Å². The molecule has 0 N–H and O–H groups in total. The minimum atomic E-state index is 0.152. The molecule has 1 amide bonds. The van der Waals surface area contributed by atoms with Crippen molar-refractivity contribution in [2.45, 2.75) is 25.7 Å². The number of hydrogen-bond donors (Lipinski definition) is 0. The second-order valence-corrected chi connectivity index (χ2v) is 6.36. The van der Waals surface area contributed by atoms with Crippen molar-refractivity contribution in [3.8, 4) is 5.69 Å². The highest BCUT2D eigenvalue weighted by Gasteiger charge is 2.17. The van der Waals surface area contributed by atoms with Crippen molar-refractivity contribution in [1.82, 2.24) is 14.5 Å². The van der Waals surface area contributed by atoms with E-state index in [1.165, 1.54) is 12.8 Å². The summed E-state index contributed by atoms with van der Waals surface area (Å²) in [6.07, 6.45) is 6.53. The molecule has 0 unspecified atom stereocenters. The molecule has 122 valence electrons. The first-order chi connectivity index (χ1) is 11.8. The van der Waals surface area contributed by atoms with Gasteiger partial charge in [-0.2, -0.15) is 0 Å². The number of imidazole rings is 1. The molecular formula is C20H21N3O. The lowest BCUT2D eigenvalue weighted by molar-refractivity contribution is 0.0761. The van der Waals surface area contributed by atoms with Crippen LogP contribution in [0.1, 0.15) is 36.0 Å². The number of aromatic nitrogens is 2. The first kappa shape index (κ1) is 14.9. The maximum atomic E-state index is 12.7. The van der Waals surface area contributed by atoms with Gasteiger partial charge >= 0.3 is 0 Å². The van der Waals surface area contributed by atoms with Gasteiger partial charge in [0, 0.05) is 24.3 Å². The van der Waals surface area contributed by atoms with Crippen LogP contribution >= 0.6 is 0 Å². The molecule has 1 aliphatic rings. The van der Waals surface area contributed by atoms with Crippen LogP contribution in [0.2, 0.25) is 0 Å². The Hall–Kier alpha value is -2.62. The number of carbonyl (C=O) groups is 1. The van der Waals surface area contributed by atoms with Crippen LogP contribution in [0.25, 0.3) is 16.7 Å². The molecule has 0 bridgehead atoms. The molecule has 0 radical (unpaired) electrons. The standard InChI is InChI=1S/C20H21N3O/c24-20(22-13-5-1-2-6-14-22)16-9-11-17(12-10-16)23-15-21-18-7-3-4-8-19(18)23/h3-4,7-12,15H,1-2,5-6,13-14H2. The number of fused-ring (bicyclic) bond motifs is 1. The number of para-hydroxylation sites is 2. The fourth-order valence-electron chi connectivity index (χ4n) is 3.39. The molecule has 1 saturated heterocycles. The number of benzene rings is 2. The molecule has 4 rings (SSSR count). The van der Waals surface area contributed by atoms with E-state index >= 15 is 0 Å². The maximum Gasteiger partial charge on any atom is 0.253 e. The first-order valence-electron chi connectivity index (χ1n) is 8.65. The summed E-state index contributed by atoms with van der Waals surface area (Å²) < 4.78 is 2.05. The lowest BCUT2D eigenvalue weighted by atomic mass is 10.1. The van der Waals surface area contributed by atoms with Crippen molar-refractivity contribution in [2.24, 2.45) is 0 Å². The molecule has 1 aliphatic heterocycles. The number of likely N-dealkylation sites (tertiary alicyclic amines) is 1. The Labute approximate surface area is 141 Å². The van der Waals surface area contributed by atoms with Gasteiger partial charge in [0.2, 0.25) is 0 Å². The lowest BCUT2D eigenvalue weighted by Crippen LogP contribution is -2.31. The van der Waals surface area contributed by atoms with E-state index in [4.69, 9.17) is 0 Å². The van der Waals surface area contributed by atoms with E-state index < -0.39 is 0 Å². The topological polar surface area (TPSA) is 38.1 Å². The van der Waals surface area contributed by atoms with E-state index in [1.54, 1.807) is 0 Å². The van der Waals surface area contributed by atoms with Crippen LogP contribution in [0, 0.1) is 0 Å². The Kier molecular flexibility index (Phi) is 4.03. The van der Waals surface area contributed by atoms with Gasteiger partial charge in [-0.1, -0.05) is 25.0 Å². The summed E-state index contributed by atoms with van der Waals surface area (Å²) >= 11 is 0. The Balaban J connectivity index is 1.59. The zero-order valence-electron chi connectivity index (χ0n) is 13.7. The minimum absolute atomic E-state index is 0.152. The summed E-state index contributed by atoms with van der Waals surface area (Å²) in [6, 6.07) is 15.9. The molecule has 0 spiro atoms. The molecule has 0 aliphatic carbocycles. The molecule has 24 heavy (non-hydrogen) atoms. The van der Waals surface area contributed by atoms with Crippen molar-refractivity contribution in [2.75, 3.05) is 13.1 Å². The SMILES string of the molecule is O=C(c1ccc(-n2cnc3ccccc32)cc1)N1CCCCCC1. The van der Waals surface area contributed by atoms with Gasteiger partial charge in [-0.05, 0) is 49.2 Å². The van der Waals surface area contributed by atoms with Crippen LogP contribution in [0.4, 0.5) is 0 Å². The van der Waals surface area contributed by atoms with Gasteiger partial charge in [0.25, 0.3) is 5.91 Å². The summed E-state index contributed by atoms with van der Waals surface area (Å²) in [7, 11) is 0. The quantitative estimate of drug-likeness (QED) is 0.715. The number of nitrogens with zero attached hydrogens (tertiary/aromatic N) is 3. The fraction of sp³-hybridized carbons (Fsp3) is 0.300. The molecule has 3 aromatic rings. The molecular weight excluding hydrogens is 298 g/mol. The highest BCUT2D eigenvalue weighted by molar-refractivity contribution is 5.94. The largest absolute Gasteiger partial charge is 0.339 e. The fourth-order valence-corrected chi connectivity index (χ4v) is 3.39. The third kappa shape index (κ3) is 2.80. The van der Waals surface area contributed by atoms with Crippen LogP contribution < -0.4 is 0 Å². The molecule has 0 saturated carbocycles. The Morgan fingerprint density at radius 1 is 0.875 bits per heavy atom. The zero-order chi connectivity index (χ0) is 16.4. The Morgan fingerprint density at radius 3 is 2.33 bits per heavy atom. The highest BCUT2D eigenvalue weighted by atomic mass is 16.2. The predicted octanol–water partition coefficient (Wildman–Crippen LogP) is 4.04. The first-order valence-corrected chi connectivity index (χ1v) is 8.65. The van der Waals surface area contributed by atoms with E-state index in [1.807, 2.05) is 53.7 Å². The predicted molar refractivity (Wildman–Crippen MR) is 95.4 cm³/mol. The highest BCUT2D eigenvalue weighted by Crippen LogP contribution is 2.19. The van der Waals surface area contributed by atoms with Crippen molar-refractivity contribution >= 4 is 16.9 Å². The molecule has 2 aromatic carbocycles. The number of amides is 1. The monoisotopic (exact) mass is 319 g/mol. The molecule has 2 heterocycles. The summed E-state index contributed by atoms with van der Waals surface area (Å²) in [4.78, 5) is 19.1. The van der Waals surface area contributed by atoms with Crippen LogP contribution in [0.15, 0.2) is 54.9 Å². The van der Waals surface area contributed by atoms with Crippen molar-refractivity contribution in [1.29, 1.82) is 0 Å². The Morgan fingerprint density at radius 2 is 1.58 bits per heavy atom. The average molecular weight is 319 g/mol. The number of hydrogen-bond acceptors (Lipinski definition) is 2. The van der Waals surface area contributed by atoms with E-state index in [-0.39, 0.29) is 5.91 Å². The summed E-state index contributed by atoms with van der Waals surface area (Å²) in [5, 5.41) is 0. The van der Waals surface area contributed by atoms with Gasteiger partial charge in [-0.3, -0.25) is 9.36 Å². The van der Waals surface area contributed by atoms with E-state index in [0.29, 0.717) is 0 Å². The molecule has 0 atom stereocenters. The van der Waals surface area contributed by atoms with Crippen molar-refractivity contribution in [3.05, 3.63) is 60.4 Å². The lowest BCUT2D eigenvalue weighted by Gasteiger charge is -2.20. The van der Waals surface area contributed by atoms with Gasteiger partial charge in [0.15, 0.2) is 0 Å². The van der Waals surface area contributed by atoms with Gasteiger partial charge in [-0.25, -0.2) is 4.98 Å². The van der Waals surface area contributed by atoms with Gasteiger partial charge in [-0.15, -0.1) is 0 Å². The minimum Gasteiger partial charge on any atom is -0.339 e. The van der Waals surface area contributed by atoms with Gasteiger partial charge in [0.05, 0.1) is 11.0 Å². The van der Waals surface area contributed by atoms with Crippen molar-refractivity contribution < 1.29 is 4.79 Å². The van der Waals surface area contributed by atoms with Crippen LogP contribution in [-0.4, -0.2) is 33.4 Å². The van der Waals surface area contributed by atoms with Crippen molar-refractivity contribution in [3.63, 3.8) is 0 Å². The van der Waals surface area contributed by atoms with Gasteiger partial charge < -0.3 is 4.90 Å². The molecule has 4 heteroatoms. The molecule has 4 nitrogen and oxygen atoms in total. The summed E-state index contributed by atoms with van der Waals surface area (Å²) in [5.41, 5.74) is 3.84. The molecule has 1 aromatic heterocycles. The normalized spacial score (nSPS) is 15.4. The number of carbonyl (C=O) groups excluding carboxylic acids is 1. The van der Waals surface area contributed by atoms with E-state index in [2.05, 4.69) is 15.6 Å². The van der Waals surface area contributed by atoms with Crippen LogP contribution in [0.5, 0.6) is 0 Å². The smallest absolute Gasteiger partial charge is 0.253 e. The summed E-state index contributed by atoms with van der Waals surface area (Å²) in [5.74, 6) is 0.152.